The summed E-state index contributed by atoms with van der Waals surface area (Å²) in [6, 6.07) is 30.2. The topological polar surface area (TPSA) is 51.2 Å². The van der Waals surface area contributed by atoms with E-state index in [-0.39, 0.29) is 17.1 Å². The predicted octanol–water partition coefficient (Wildman–Crippen LogP) is 4.10. The summed E-state index contributed by atoms with van der Waals surface area (Å²) in [7, 11) is -3.39. The Bertz CT molecular complexity index is 1300. The number of carbonyl (C=O) groups is 2. The zero-order valence-corrected chi connectivity index (χ0v) is 16.9. The number of benzene rings is 4. The minimum absolute atomic E-state index is 0.213. The molecule has 0 atom stereocenters. The molecule has 144 valence electrons. The van der Waals surface area contributed by atoms with E-state index in [0.29, 0.717) is 32.6 Å². The van der Waals surface area contributed by atoms with Crippen LogP contribution in [0.25, 0.3) is 0 Å². The third-order valence-electron chi connectivity index (χ3n) is 5.51. The molecular weight excluding hydrogens is 391 g/mol. The van der Waals surface area contributed by atoms with E-state index in [1.807, 2.05) is 60.7 Å². The van der Waals surface area contributed by atoms with Gasteiger partial charge in [0.1, 0.15) is 0 Å². The summed E-state index contributed by atoms with van der Waals surface area (Å²) in [4.78, 5) is 26.7. The van der Waals surface area contributed by atoms with Crippen LogP contribution in [0.4, 0.5) is 0 Å². The Kier molecular flexibility index (Phi) is 4.34. The van der Waals surface area contributed by atoms with E-state index in [1.54, 1.807) is 42.5 Å². The fourth-order valence-corrected chi connectivity index (χ4v) is 6.96. The number of fused-ring (bicyclic) bond motifs is 2. The van der Waals surface area contributed by atoms with Gasteiger partial charge in [0, 0.05) is 38.2 Å². The van der Waals surface area contributed by atoms with Gasteiger partial charge in [-0.15, -0.1) is 0 Å². The fourth-order valence-electron chi connectivity index (χ4n) is 4.09. The summed E-state index contributed by atoms with van der Waals surface area (Å²) in [6.45, 7) is 0. The van der Waals surface area contributed by atoms with E-state index in [1.165, 1.54) is 0 Å². The molecule has 1 aliphatic carbocycles. The minimum Gasteiger partial charge on any atom is -0.309 e. The Balaban J connectivity index is 1.85. The first kappa shape index (κ1) is 18.5. The van der Waals surface area contributed by atoms with Crippen molar-refractivity contribution in [1.82, 2.24) is 0 Å². The van der Waals surface area contributed by atoms with Gasteiger partial charge >= 0.3 is 0 Å². The summed E-state index contributed by atoms with van der Waals surface area (Å²) >= 11 is 0. The van der Waals surface area contributed by atoms with Crippen LogP contribution in [0.3, 0.4) is 0 Å². The average molecular weight is 408 g/mol. The quantitative estimate of drug-likeness (QED) is 0.423. The molecule has 0 N–H and O–H groups in total. The van der Waals surface area contributed by atoms with Crippen molar-refractivity contribution < 1.29 is 14.2 Å². The van der Waals surface area contributed by atoms with Crippen molar-refractivity contribution in [3.63, 3.8) is 0 Å². The van der Waals surface area contributed by atoms with Crippen LogP contribution in [-0.2, 0) is 4.57 Å². The van der Waals surface area contributed by atoms with Crippen LogP contribution in [0.2, 0.25) is 0 Å². The largest absolute Gasteiger partial charge is 0.309 e. The van der Waals surface area contributed by atoms with Gasteiger partial charge in [-0.2, -0.15) is 0 Å². The van der Waals surface area contributed by atoms with Crippen molar-refractivity contribution in [1.29, 1.82) is 0 Å². The number of ketones is 2. The molecule has 0 saturated carbocycles. The van der Waals surface area contributed by atoms with Gasteiger partial charge < -0.3 is 4.57 Å². The van der Waals surface area contributed by atoms with Crippen molar-refractivity contribution in [2.45, 2.75) is 0 Å². The Morgan fingerprint density at radius 2 is 0.933 bits per heavy atom. The predicted molar refractivity (Wildman–Crippen MR) is 119 cm³/mol. The average Bonchev–Trinajstić information content (AvgIpc) is 2.82. The molecule has 0 spiro atoms. The van der Waals surface area contributed by atoms with Gasteiger partial charge in [-0.1, -0.05) is 103 Å². The molecule has 0 unspecified atom stereocenters. The SMILES string of the molecule is O=C1c2ccccc2C(=O)c2c1cccc2P(=O)(c1ccccc1)c1ccccc1. The van der Waals surface area contributed by atoms with E-state index >= 15 is 0 Å². The number of hydrogen-bond donors (Lipinski definition) is 0. The molecule has 0 radical (unpaired) electrons. The number of rotatable bonds is 3. The van der Waals surface area contributed by atoms with Crippen LogP contribution in [0.15, 0.2) is 103 Å². The number of hydrogen-bond acceptors (Lipinski definition) is 3. The molecule has 0 amide bonds. The Labute approximate surface area is 174 Å². The third kappa shape index (κ3) is 2.63. The third-order valence-corrected chi connectivity index (χ3v) is 8.61. The van der Waals surface area contributed by atoms with E-state index in [4.69, 9.17) is 0 Å². The summed E-state index contributed by atoms with van der Waals surface area (Å²) in [5.41, 5.74) is 1.30. The van der Waals surface area contributed by atoms with Gasteiger partial charge in [0.2, 0.25) is 0 Å². The van der Waals surface area contributed by atoms with Crippen molar-refractivity contribution in [3.8, 4) is 0 Å². The van der Waals surface area contributed by atoms with Crippen molar-refractivity contribution in [3.05, 3.63) is 125 Å². The highest BCUT2D eigenvalue weighted by atomic mass is 31.2. The molecule has 30 heavy (non-hydrogen) atoms. The Morgan fingerprint density at radius 3 is 1.50 bits per heavy atom. The van der Waals surface area contributed by atoms with Gasteiger partial charge in [-0.05, 0) is 0 Å². The maximum Gasteiger partial charge on any atom is 0.195 e. The van der Waals surface area contributed by atoms with Crippen molar-refractivity contribution in [2.75, 3.05) is 0 Å². The highest BCUT2D eigenvalue weighted by Gasteiger charge is 2.38. The van der Waals surface area contributed by atoms with Gasteiger partial charge in [-0.3, -0.25) is 9.59 Å². The van der Waals surface area contributed by atoms with Gasteiger partial charge in [0.25, 0.3) is 0 Å². The van der Waals surface area contributed by atoms with Gasteiger partial charge in [0.15, 0.2) is 18.7 Å². The normalized spacial score (nSPS) is 12.9. The maximum absolute atomic E-state index is 14.8. The second-order valence-corrected chi connectivity index (χ2v) is 9.92. The first-order chi connectivity index (χ1) is 14.6. The number of carbonyl (C=O) groups excluding carboxylic acids is 2. The lowest BCUT2D eigenvalue weighted by Gasteiger charge is -2.26. The van der Waals surface area contributed by atoms with E-state index in [2.05, 4.69) is 0 Å². The van der Waals surface area contributed by atoms with Crippen LogP contribution in [0.5, 0.6) is 0 Å². The molecule has 5 rings (SSSR count). The van der Waals surface area contributed by atoms with E-state index in [9.17, 15) is 14.2 Å². The highest BCUT2D eigenvalue weighted by molar-refractivity contribution is 7.85. The van der Waals surface area contributed by atoms with Crippen LogP contribution in [-0.4, -0.2) is 11.6 Å². The molecule has 0 heterocycles. The molecule has 0 aliphatic heterocycles. The van der Waals surface area contributed by atoms with Crippen LogP contribution in [0, 0.1) is 0 Å². The van der Waals surface area contributed by atoms with Crippen LogP contribution >= 0.6 is 7.14 Å². The standard InChI is InChI=1S/C26H17O3P/c27-25-20-14-7-8-15-21(20)26(28)24-22(25)16-9-17-23(24)30(29,18-10-3-1-4-11-18)19-12-5-2-6-13-19/h1-17H. The lowest BCUT2D eigenvalue weighted by Crippen LogP contribution is -2.33. The summed E-state index contributed by atoms with van der Waals surface area (Å²) < 4.78 is 14.8. The summed E-state index contributed by atoms with van der Waals surface area (Å²) in [5, 5.41) is 1.66. The molecule has 4 heteroatoms. The van der Waals surface area contributed by atoms with Crippen LogP contribution in [0.1, 0.15) is 31.8 Å². The Morgan fingerprint density at radius 1 is 0.467 bits per heavy atom. The zero-order valence-electron chi connectivity index (χ0n) is 16.0. The van der Waals surface area contributed by atoms with Crippen molar-refractivity contribution in [2.24, 2.45) is 0 Å². The fraction of sp³-hybridized carbons (Fsp3) is 0. The molecule has 4 aromatic carbocycles. The highest BCUT2D eigenvalue weighted by Crippen LogP contribution is 2.45. The van der Waals surface area contributed by atoms with Gasteiger partial charge in [-0.25, -0.2) is 0 Å². The second kappa shape index (κ2) is 7.05. The molecule has 1 aliphatic rings. The molecule has 0 aromatic heterocycles. The van der Waals surface area contributed by atoms with E-state index in [0.717, 1.165) is 0 Å². The van der Waals surface area contributed by atoms with Crippen LogP contribution < -0.4 is 15.9 Å². The van der Waals surface area contributed by atoms with E-state index < -0.39 is 7.14 Å². The monoisotopic (exact) mass is 408 g/mol. The van der Waals surface area contributed by atoms with Gasteiger partial charge in [0.05, 0.1) is 0 Å². The first-order valence-corrected chi connectivity index (χ1v) is 11.4. The molecule has 0 bridgehead atoms. The smallest absolute Gasteiger partial charge is 0.195 e. The maximum atomic E-state index is 14.8. The van der Waals surface area contributed by atoms with Crippen molar-refractivity contribution >= 4 is 34.6 Å². The first-order valence-electron chi connectivity index (χ1n) is 9.65. The minimum atomic E-state index is -3.39. The molecule has 4 aromatic rings. The lowest BCUT2D eigenvalue weighted by molar-refractivity contribution is 0.0980. The molecular formula is C26H17O3P. The zero-order chi connectivity index (χ0) is 20.7. The molecule has 3 nitrogen and oxygen atoms in total. The Hall–Kier alpha value is -3.55. The lowest BCUT2D eigenvalue weighted by atomic mass is 9.84. The summed E-state index contributed by atoms with van der Waals surface area (Å²) in [6.07, 6.45) is 0. The molecule has 0 saturated heterocycles. The molecule has 0 fully saturated rings. The summed E-state index contributed by atoms with van der Waals surface area (Å²) in [5.74, 6) is -0.474. The second-order valence-electron chi connectivity index (χ2n) is 7.18.